The van der Waals surface area contributed by atoms with E-state index in [1.54, 1.807) is 36.4 Å². The number of ether oxygens (including phenoxy) is 1. The lowest BCUT2D eigenvalue weighted by Crippen LogP contribution is -2.46. The van der Waals surface area contributed by atoms with Crippen LogP contribution in [0.5, 0.6) is 5.75 Å². The van der Waals surface area contributed by atoms with Crippen molar-refractivity contribution in [3.8, 4) is 5.75 Å². The Morgan fingerprint density at radius 2 is 1.62 bits per heavy atom. The summed E-state index contributed by atoms with van der Waals surface area (Å²) in [5.41, 5.74) is 1.31. The van der Waals surface area contributed by atoms with Gasteiger partial charge in [0.05, 0.1) is 24.1 Å². The van der Waals surface area contributed by atoms with Crippen LogP contribution in [0, 0.1) is 0 Å². The van der Waals surface area contributed by atoms with E-state index < -0.39 is 27.9 Å². The van der Waals surface area contributed by atoms with E-state index in [0.717, 1.165) is 19.2 Å². The number of methoxy groups -OCH3 is 1. The summed E-state index contributed by atoms with van der Waals surface area (Å²) in [5.74, 6) is -0.429. The average Bonchev–Trinajstić information content (AvgIpc) is 3.13. The molecule has 9 heteroatoms. The maximum Gasteiger partial charge on any atom is 0.252 e. The Bertz CT molecular complexity index is 1280. The standard InChI is InChI=1S/C25H23BrN2O5S/c1-33-21-11-9-20(10-12-21)28-24(29)17-23(25(28)30)27(16-15-18-5-3-2-4-6-18)34(31,32)22-13-7-19(26)8-14-22/h2-14,23H,15-17H2,1H3. The Hall–Kier alpha value is -3.01. The predicted octanol–water partition coefficient (Wildman–Crippen LogP) is 4.02. The molecule has 0 radical (unpaired) electrons. The summed E-state index contributed by atoms with van der Waals surface area (Å²) in [4.78, 5) is 27.4. The minimum Gasteiger partial charge on any atom is -0.497 e. The zero-order valence-corrected chi connectivity index (χ0v) is 20.8. The van der Waals surface area contributed by atoms with Crippen LogP contribution in [0.3, 0.4) is 0 Å². The van der Waals surface area contributed by atoms with E-state index in [1.807, 2.05) is 30.3 Å². The Morgan fingerprint density at radius 1 is 0.971 bits per heavy atom. The number of imide groups is 1. The molecule has 1 saturated heterocycles. The number of halogens is 1. The number of nitrogens with zero attached hydrogens (tertiary/aromatic N) is 2. The van der Waals surface area contributed by atoms with Gasteiger partial charge in [-0.05, 0) is 60.5 Å². The predicted molar refractivity (Wildman–Crippen MR) is 132 cm³/mol. The van der Waals surface area contributed by atoms with Crippen molar-refractivity contribution >= 4 is 43.5 Å². The van der Waals surface area contributed by atoms with Crippen molar-refractivity contribution in [2.75, 3.05) is 18.6 Å². The quantitative estimate of drug-likeness (QED) is 0.401. The van der Waals surface area contributed by atoms with Gasteiger partial charge in [-0.1, -0.05) is 46.3 Å². The first kappa shape index (κ1) is 24.1. The number of benzene rings is 3. The topological polar surface area (TPSA) is 84.0 Å². The second kappa shape index (κ2) is 10.1. The smallest absolute Gasteiger partial charge is 0.252 e. The first-order chi connectivity index (χ1) is 16.3. The zero-order valence-electron chi connectivity index (χ0n) is 18.4. The van der Waals surface area contributed by atoms with Crippen LogP contribution in [0.15, 0.2) is 88.2 Å². The minimum absolute atomic E-state index is 0.0581. The molecule has 3 aromatic rings. The van der Waals surface area contributed by atoms with Gasteiger partial charge in [0.2, 0.25) is 15.9 Å². The minimum atomic E-state index is -4.05. The molecule has 0 bridgehead atoms. The van der Waals surface area contributed by atoms with Gasteiger partial charge in [0, 0.05) is 11.0 Å². The van der Waals surface area contributed by atoms with Crippen LogP contribution in [0.4, 0.5) is 5.69 Å². The van der Waals surface area contributed by atoms with E-state index in [1.165, 1.54) is 19.2 Å². The van der Waals surface area contributed by atoms with E-state index in [-0.39, 0.29) is 17.9 Å². The van der Waals surface area contributed by atoms with Crippen LogP contribution in [-0.4, -0.2) is 44.2 Å². The maximum atomic E-state index is 13.6. The lowest BCUT2D eigenvalue weighted by Gasteiger charge is -2.27. The van der Waals surface area contributed by atoms with Gasteiger partial charge >= 0.3 is 0 Å². The summed E-state index contributed by atoms with van der Waals surface area (Å²) < 4.78 is 34.3. The molecule has 0 saturated carbocycles. The highest BCUT2D eigenvalue weighted by molar-refractivity contribution is 9.10. The molecule has 176 valence electrons. The first-order valence-electron chi connectivity index (χ1n) is 10.6. The molecule has 0 N–H and O–H groups in total. The number of hydrogen-bond acceptors (Lipinski definition) is 5. The number of rotatable bonds is 8. The van der Waals surface area contributed by atoms with Crippen LogP contribution >= 0.6 is 15.9 Å². The number of amides is 2. The molecule has 7 nitrogen and oxygen atoms in total. The van der Waals surface area contributed by atoms with E-state index in [4.69, 9.17) is 4.74 Å². The largest absolute Gasteiger partial charge is 0.497 e. The summed E-state index contributed by atoms with van der Waals surface area (Å²) in [6.45, 7) is 0.0581. The number of carbonyl (C=O) groups is 2. The highest BCUT2D eigenvalue weighted by Crippen LogP contribution is 2.31. The Kier molecular flexibility index (Phi) is 7.16. The summed E-state index contributed by atoms with van der Waals surface area (Å²) in [7, 11) is -2.53. The fourth-order valence-electron chi connectivity index (χ4n) is 3.91. The van der Waals surface area contributed by atoms with Gasteiger partial charge in [0.1, 0.15) is 11.8 Å². The van der Waals surface area contributed by atoms with E-state index in [0.29, 0.717) is 17.9 Å². The maximum absolute atomic E-state index is 13.6. The number of sulfonamides is 1. The third-order valence-electron chi connectivity index (χ3n) is 5.68. The van der Waals surface area contributed by atoms with Crippen LogP contribution < -0.4 is 9.64 Å². The molecule has 1 unspecified atom stereocenters. The normalized spacial score (nSPS) is 16.3. The molecule has 1 aliphatic heterocycles. The van der Waals surface area contributed by atoms with Gasteiger partial charge in [-0.2, -0.15) is 4.31 Å². The van der Waals surface area contributed by atoms with Gasteiger partial charge in [-0.25, -0.2) is 13.3 Å². The fraction of sp³-hybridized carbons (Fsp3) is 0.200. The molecule has 1 aliphatic rings. The van der Waals surface area contributed by atoms with Gasteiger partial charge in [-0.15, -0.1) is 0 Å². The van der Waals surface area contributed by atoms with Crippen molar-refractivity contribution < 1.29 is 22.7 Å². The van der Waals surface area contributed by atoms with E-state index >= 15 is 0 Å². The lowest BCUT2D eigenvalue weighted by molar-refractivity contribution is -0.122. The lowest BCUT2D eigenvalue weighted by atomic mass is 10.1. The van der Waals surface area contributed by atoms with Gasteiger partial charge in [0.25, 0.3) is 5.91 Å². The molecular formula is C25H23BrN2O5S. The van der Waals surface area contributed by atoms with Crippen molar-refractivity contribution in [1.82, 2.24) is 4.31 Å². The Morgan fingerprint density at radius 3 is 2.24 bits per heavy atom. The van der Waals surface area contributed by atoms with Gasteiger partial charge < -0.3 is 4.74 Å². The van der Waals surface area contributed by atoms with E-state index in [2.05, 4.69) is 15.9 Å². The van der Waals surface area contributed by atoms with Crippen molar-refractivity contribution in [3.05, 3.63) is 88.9 Å². The third-order valence-corrected chi connectivity index (χ3v) is 8.14. The molecule has 1 fully saturated rings. The van der Waals surface area contributed by atoms with Crippen molar-refractivity contribution in [3.63, 3.8) is 0 Å². The first-order valence-corrected chi connectivity index (χ1v) is 12.9. The highest BCUT2D eigenvalue weighted by atomic mass is 79.9. The van der Waals surface area contributed by atoms with Crippen molar-refractivity contribution in [1.29, 1.82) is 0 Å². The molecule has 3 aromatic carbocycles. The Balaban J connectivity index is 1.68. The van der Waals surface area contributed by atoms with Gasteiger partial charge in [0.15, 0.2) is 0 Å². The molecule has 4 rings (SSSR count). The second-order valence-corrected chi connectivity index (χ2v) is 10.6. The molecule has 0 spiro atoms. The molecule has 1 atom stereocenters. The average molecular weight is 543 g/mol. The SMILES string of the molecule is COc1ccc(N2C(=O)CC(N(CCc3ccccc3)S(=O)(=O)c3ccc(Br)cc3)C2=O)cc1. The summed E-state index contributed by atoms with van der Waals surface area (Å²) in [6.07, 6.45) is 0.173. The summed E-state index contributed by atoms with van der Waals surface area (Å²) in [6, 6.07) is 21.0. The number of hydrogen-bond donors (Lipinski definition) is 0. The second-order valence-electron chi connectivity index (χ2n) is 7.79. The molecule has 0 aliphatic carbocycles. The van der Waals surface area contributed by atoms with Crippen molar-refractivity contribution in [2.45, 2.75) is 23.8 Å². The Labute approximate surface area is 207 Å². The molecular weight excluding hydrogens is 520 g/mol. The summed E-state index contributed by atoms with van der Waals surface area (Å²) >= 11 is 3.32. The van der Waals surface area contributed by atoms with Crippen molar-refractivity contribution in [2.24, 2.45) is 0 Å². The van der Waals surface area contributed by atoms with Crippen LogP contribution in [0.1, 0.15) is 12.0 Å². The van der Waals surface area contributed by atoms with Crippen LogP contribution in [0.25, 0.3) is 0 Å². The molecule has 34 heavy (non-hydrogen) atoms. The summed E-state index contributed by atoms with van der Waals surface area (Å²) in [5, 5.41) is 0. The molecule has 1 heterocycles. The monoisotopic (exact) mass is 542 g/mol. The third kappa shape index (κ3) is 4.91. The van der Waals surface area contributed by atoms with Crippen LogP contribution in [0.2, 0.25) is 0 Å². The van der Waals surface area contributed by atoms with Gasteiger partial charge in [-0.3, -0.25) is 9.59 Å². The number of anilines is 1. The highest BCUT2D eigenvalue weighted by Gasteiger charge is 2.46. The molecule has 0 aromatic heterocycles. The molecule has 2 amide bonds. The fourth-order valence-corrected chi connectivity index (χ4v) is 5.76. The number of carbonyl (C=O) groups excluding carboxylic acids is 2. The zero-order chi connectivity index (χ0) is 24.3. The van der Waals surface area contributed by atoms with Crippen LogP contribution in [-0.2, 0) is 26.0 Å². The van der Waals surface area contributed by atoms with E-state index in [9.17, 15) is 18.0 Å².